The summed E-state index contributed by atoms with van der Waals surface area (Å²) < 4.78 is 7.36. The van der Waals surface area contributed by atoms with Gasteiger partial charge >= 0.3 is 5.97 Å². The summed E-state index contributed by atoms with van der Waals surface area (Å²) in [5, 5.41) is 29.9. The van der Waals surface area contributed by atoms with Gasteiger partial charge in [-0.1, -0.05) is 42.8 Å². The van der Waals surface area contributed by atoms with E-state index < -0.39 is 5.97 Å². The summed E-state index contributed by atoms with van der Waals surface area (Å²) in [5.41, 5.74) is 3.11. The van der Waals surface area contributed by atoms with Crippen molar-refractivity contribution < 1.29 is 24.9 Å². The summed E-state index contributed by atoms with van der Waals surface area (Å²) in [6, 6.07) is 16.2. The van der Waals surface area contributed by atoms with E-state index in [4.69, 9.17) is 16.3 Å². The van der Waals surface area contributed by atoms with Crippen molar-refractivity contribution >= 4 is 17.6 Å². The molecule has 1 aliphatic carbocycles. The quantitative estimate of drug-likeness (QED) is 0.275. The molecule has 1 atom stereocenters. The van der Waals surface area contributed by atoms with Gasteiger partial charge in [0.05, 0.1) is 13.0 Å². The van der Waals surface area contributed by atoms with Gasteiger partial charge in [0.15, 0.2) is 11.8 Å². The van der Waals surface area contributed by atoms with Crippen LogP contribution in [0.3, 0.4) is 0 Å². The number of hydrogen-bond acceptors (Lipinski definition) is 5. The normalized spacial score (nSPS) is 14.2. The number of hydrogen-bond donors (Lipinski definition) is 3. The van der Waals surface area contributed by atoms with Gasteiger partial charge in [-0.15, -0.1) is 0 Å². The number of aliphatic carboxylic acids is 1. The summed E-state index contributed by atoms with van der Waals surface area (Å²) in [4.78, 5) is 14.1. The van der Waals surface area contributed by atoms with Gasteiger partial charge in [-0.3, -0.25) is 14.3 Å². The molecule has 0 radical (unpaired) electrons. The number of rotatable bonds is 13. The van der Waals surface area contributed by atoms with Crippen LogP contribution < -0.4 is 4.74 Å². The average Bonchev–Trinajstić information content (AvgIpc) is 3.62. The number of aromatic hydroxyl groups is 2. The molecule has 0 spiro atoms. The van der Waals surface area contributed by atoms with E-state index in [-0.39, 0.29) is 24.2 Å². The van der Waals surface area contributed by atoms with Crippen LogP contribution in [0, 0.1) is 5.92 Å². The van der Waals surface area contributed by atoms with Crippen LogP contribution in [-0.2, 0) is 24.3 Å². The molecule has 7 nitrogen and oxygen atoms in total. The third-order valence-electron chi connectivity index (χ3n) is 6.65. The lowest BCUT2D eigenvalue weighted by atomic mass is 9.99. The molecule has 192 valence electrons. The molecule has 1 aromatic heterocycles. The van der Waals surface area contributed by atoms with Gasteiger partial charge in [-0.05, 0) is 60.1 Å². The number of nitrogens with zero attached hydrogens (tertiary/aromatic N) is 2. The molecule has 1 fully saturated rings. The Balaban J connectivity index is 1.50. The van der Waals surface area contributed by atoms with E-state index in [1.165, 1.54) is 29.5 Å². The Morgan fingerprint density at radius 1 is 1.11 bits per heavy atom. The SMILES string of the molecule is CCc1cc(CN(CC2CC2)C(CC(=O)O)c2ccc(Cl)cc2)ccc1OCCn1c(O)ccc1O. The maximum Gasteiger partial charge on any atom is 0.305 e. The summed E-state index contributed by atoms with van der Waals surface area (Å²) >= 11 is 6.09. The molecule has 0 bridgehead atoms. The van der Waals surface area contributed by atoms with Gasteiger partial charge in [-0.2, -0.15) is 0 Å². The van der Waals surface area contributed by atoms with E-state index in [0.717, 1.165) is 35.4 Å². The Labute approximate surface area is 216 Å². The second kappa shape index (κ2) is 11.7. The molecule has 0 aliphatic heterocycles. The standard InChI is InChI=1S/C28H33ClN2O5/c1-2-21-15-20(5-10-25(21)36-14-13-31-26(32)11-12-27(31)33)18-30(17-19-3-4-19)24(16-28(34)35)22-6-8-23(29)9-7-22/h5-12,15,19,24,32-33H,2-4,13-14,16-18H2,1H3,(H,34,35). The van der Waals surface area contributed by atoms with Gasteiger partial charge in [0.2, 0.25) is 0 Å². The van der Waals surface area contributed by atoms with Crippen LogP contribution in [0.1, 0.15) is 48.9 Å². The molecule has 2 aromatic carbocycles. The summed E-state index contributed by atoms with van der Waals surface area (Å²) in [7, 11) is 0. The second-order valence-electron chi connectivity index (χ2n) is 9.38. The fraction of sp³-hybridized carbons (Fsp3) is 0.393. The third kappa shape index (κ3) is 6.74. The predicted octanol–water partition coefficient (Wildman–Crippen LogP) is 5.62. The number of carboxylic acid groups (broad SMARTS) is 1. The molecule has 3 aromatic rings. The van der Waals surface area contributed by atoms with Gasteiger partial charge in [0.1, 0.15) is 12.4 Å². The second-order valence-corrected chi connectivity index (χ2v) is 9.82. The zero-order valence-electron chi connectivity index (χ0n) is 20.4. The first-order valence-electron chi connectivity index (χ1n) is 12.4. The van der Waals surface area contributed by atoms with Crippen LogP contribution in [0.4, 0.5) is 0 Å². The van der Waals surface area contributed by atoms with Crippen LogP contribution in [0.2, 0.25) is 5.02 Å². The molecule has 1 unspecified atom stereocenters. The van der Waals surface area contributed by atoms with Crippen molar-refractivity contribution in [1.82, 2.24) is 9.47 Å². The van der Waals surface area contributed by atoms with Crippen LogP contribution in [0.5, 0.6) is 17.5 Å². The molecule has 4 rings (SSSR count). The minimum atomic E-state index is -0.825. The number of ether oxygens (including phenoxy) is 1. The molecular weight excluding hydrogens is 480 g/mol. The van der Waals surface area contributed by atoms with Crippen molar-refractivity contribution in [3.05, 3.63) is 76.3 Å². The highest BCUT2D eigenvalue weighted by Gasteiger charge is 2.30. The largest absolute Gasteiger partial charge is 0.494 e. The summed E-state index contributed by atoms with van der Waals surface area (Å²) in [5.74, 6) is 0.529. The highest BCUT2D eigenvalue weighted by molar-refractivity contribution is 6.30. The van der Waals surface area contributed by atoms with Gasteiger partial charge in [0.25, 0.3) is 0 Å². The van der Waals surface area contributed by atoms with Crippen molar-refractivity contribution in [3.8, 4) is 17.5 Å². The van der Waals surface area contributed by atoms with E-state index in [1.54, 1.807) is 0 Å². The Hall–Kier alpha value is -3.16. The Bertz CT molecular complexity index is 1150. The minimum Gasteiger partial charge on any atom is -0.494 e. The zero-order valence-corrected chi connectivity index (χ0v) is 21.2. The van der Waals surface area contributed by atoms with Crippen LogP contribution in [0.15, 0.2) is 54.6 Å². The highest BCUT2D eigenvalue weighted by Crippen LogP contribution is 2.36. The zero-order chi connectivity index (χ0) is 25.7. The number of benzene rings is 2. The van der Waals surface area contributed by atoms with Gasteiger partial charge in [-0.25, -0.2) is 0 Å². The highest BCUT2D eigenvalue weighted by atomic mass is 35.5. The number of aryl methyl sites for hydroxylation is 1. The topological polar surface area (TPSA) is 95.2 Å². The number of carboxylic acids is 1. The van der Waals surface area contributed by atoms with Gasteiger partial charge in [0, 0.05) is 36.3 Å². The Kier molecular flexibility index (Phi) is 8.44. The lowest BCUT2D eigenvalue weighted by molar-refractivity contribution is -0.138. The van der Waals surface area contributed by atoms with Crippen LogP contribution in [0.25, 0.3) is 0 Å². The third-order valence-corrected chi connectivity index (χ3v) is 6.90. The molecule has 8 heteroatoms. The average molecular weight is 513 g/mol. The molecule has 0 amide bonds. The first kappa shape index (κ1) is 25.9. The van der Waals surface area contributed by atoms with Crippen molar-refractivity contribution in [2.45, 2.75) is 51.7 Å². The smallest absolute Gasteiger partial charge is 0.305 e. The predicted molar refractivity (Wildman–Crippen MR) is 139 cm³/mol. The van der Waals surface area contributed by atoms with Crippen molar-refractivity contribution in [1.29, 1.82) is 0 Å². The van der Waals surface area contributed by atoms with Crippen molar-refractivity contribution in [2.75, 3.05) is 13.2 Å². The van der Waals surface area contributed by atoms with E-state index in [2.05, 4.69) is 17.9 Å². The molecule has 36 heavy (non-hydrogen) atoms. The van der Waals surface area contributed by atoms with E-state index in [0.29, 0.717) is 30.6 Å². The summed E-state index contributed by atoms with van der Waals surface area (Å²) in [6.07, 6.45) is 3.16. The fourth-order valence-electron chi connectivity index (χ4n) is 4.55. The van der Waals surface area contributed by atoms with Crippen LogP contribution in [-0.4, -0.2) is 43.9 Å². The molecule has 1 aliphatic rings. The Morgan fingerprint density at radius 2 is 1.81 bits per heavy atom. The van der Waals surface area contributed by atoms with E-state index in [9.17, 15) is 20.1 Å². The van der Waals surface area contributed by atoms with Crippen LogP contribution >= 0.6 is 11.6 Å². The minimum absolute atomic E-state index is 0.00507. The fourth-order valence-corrected chi connectivity index (χ4v) is 4.67. The Morgan fingerprint density at radius 3 is 2.42 bits per heavy atom. The number of aromatic nitrogens is 1. The molecule has 0 saturated heterocycles. The summed E-state index contributed by atoms with van der Waals surface area (Å²) in [6.45, 7) is 4.17. The molecular formula is C28H33ClN2O5. The number of carbonyl (C=O) groups is 1. The lowest BCUT2D eigenvalue weighted by Gasteiger charge is -2.32. The van der Waals surface area contributed by atoms with Gasteiger partial charge < -0.3 is 20.1 Å². The monoisotopic (exact) mass is 512 g/mol. The molecule has 3 N–H and O–H groups in total. The maximum atomic E-state index is 11.8. The lowest BCUT2D eigenvalue weighted by Crippen LogP contribution is -2.32. The van der Waals surface area contributed by atoms with E-state index in [1.807, 2.05) is 36.4 Å². The molecule has 1 heterocycles. The number of halogens is 1. The van der Waals surface area contributed by atoms with E-state index >= 15 is 0 Å². The van der Waals surface area contributed by atoms with Crippen molar-refractivity contribution in [3.63, 3.8) is 0 Å². The maximum absolute atomic E-state index is 11.8. The first-order valence-corrected chi connectivity index (χ1v) is 12.7. The first-order chi connectivity index (χ1) is 17.3. The molecule has 1 saturated carbocycles. The van der Waals surface area contributed by atoms with Crippen molar-refractivity contribution in [2.24, 2.45) is 5.92 Å².